The van der Waals surface area contributed by atoms with Gasteiger partial charge in [-0.05, 0) is 54.4 Å². The molecule has 0 spiro atoms. The van der Waals surface area contributed by atoms with Crippen molar-refractivity contribution >= 4 is 18.4 Å². The van der Waals surface area contributed by atoms with E-state index in [0.717, 1.165) is 4.90 Å². The first-order valence-electron chi connectivity index (χ1n) is 10.1. The van der Waals surface area contributed by atoms with Crippen LogP contribution in [0, 0.1) is 5.82 Å². The summed E-state index contributed by atoms with van der Waals surface area (Å²) < 4.78 is 92.2. The number of hydrogen-bond donors (Lipinski definition) is 1. The van der Waals surface area contributed by atoms with E-state index in [-0.39, 0.29) is 30.6 Å². The van der Waals surface area contributed by atoms with Crippen molar-refractivity contribution < 1.29 is 35.5 Å². The van der Waals surface area contributed by atoms with Crippen molar-refractivity contribution in [2.75, 3.05) is 26.7 Å². The maximum absolute atomic E-state index is 13.3. The molecule has 1 fully saturated rings. The summed E-state index contributed by atoms with van der Waals surface area (Å²) in [6.07, 6.45) is -9.43. The molecule has 2 amide bonds. The van der Waals surface area contributed by atoms with Gasteiger partial charge in [-0.1, -0.05) is 12.1 Å². The Labute approximate surface area is 198 Å². The number of alkyl halides is 6. The molecular weight excluding hydrogens is 491 g/mol. The largest absolute Gasteiger partial charge is 0.416 e. The molecule has 0 saturated carbocycles. The average Bonchev–Trinajstić information content (AvgIpc) is 2.98. The second-order valence-corrected chi connectivity index (χ2v) is 7.85. The number of carbonyl (C=O) groups is 1. The number of carbonyl (C=O) groups excluding carboxylic acids is 1. The zero-order valence-electron chi connectivity index (χ0n) is 18.0. The molecule has 34 heavy (non-hydrogen) atoms. The highest BCUT2D eigenvalue weighted by atomic mass is 35.5. The number of nitrogens with one attached hydrogen (secondary N) is 1. The smallest absolute Gasteiger partial charge is 0.323 e. The normalized spacial score (nSPS) is 17.1. The molecule has 188 valence electrons. The highest BCUT2D eigenvalue weighted by Crippen LogP contribution is 2.36. The Kier molecular flexibility index (Phi) is 8.81. The second kappa shape index (κ2) is 10.8. The van der Waals surface area contributed by atoms with Crippen molar-refractivity contribution in [1.29, 1.82) is 0 Å². The number of hydrogen-bond acceptors (Lipinski definition) is 2. The third-order valence-electron chi connectivity index (χ3n) is 5.39. The van der Waals surface area contributed by atoms with Gasteiger partial charge in [0.25, 0.3) is 0 Å². The van der Waals surface area contributed by atoms with Crippen molar-refractivity contribution in [2.45, 2.75) is 31.4 Å². The number of benzene rings is 2. The molecular formula is C22H23ClF7N3O. The number of urea groups is 1. The van der Waals surface area contributed by atoms with Gasteiger partial charge in [-0.2, -0.15) is 26.3 Å². The first-order chi connectivity index (χ1) is 15.4. The van der Waals surface area contributed by atoms with Gasteiger partial charge >= 0.3 is 18.4 Å². The fourth-order valence-corrected chi connectivity index (χ4v) is 3.81. The number of amides is 2. The Balaban J connectivity index is 0.00000408. The van der Waals surface area contributed by atoms with Gasteiger partial charge in [0.15, 0.2) is 0 Å². The van der Waals surface area contributed by atoms with Crippen LogP contribution in [0.4, 0.5) is 35.5 Å². The molecule has 0 aliphatic carbocycles. The Bertz CT molecular complexity index is 948. The van der Waals surface area contributed by atoms with Crippen LogP contribution in [-0.4, -0.2) is 42.5 Å². The van der Waals surface area contributed by atoms with Gasteiger partial charge in [-0.15, -0.1) is 12.4 Å². The quantitative estimate of drug-likeness (QED) is 0.521. The molecule has 4 nitrogen and oxygen atoms in total. The van der Waals surface area contributed by atoms with E-state index in [2.05, 4.69) is 5.32 Å². The van der Waals surface area contributed by atoms with Gasteiger partial charge in [-0.3, -0.25) is 0 Å². The number of nitrogens with zero attached hydrogens (tertiary/aromatic N) is 2. The fraction of sp³-hybridized carbons (Fsp3) is 0.409. The van der Waals surface area contributed by atoms with Crippen molar-refractivity contribution in [2.24, 2.45) is 0 Å². The summed E-state index contributed by atoms with van der Waals surface area (Å²) in [7, 11) is 1.32. The van der Waals surface area contributed by atoms with Crippen LogP contribution in [0.1, 0.15) is 34.7 Å². The number of rotatable bonds is 3. The van der Waals surface area contributed by atoms with Crippen molar-refractivity contribution in [1.82, 2.24) is 15.1 Å². The Hall–Kier alpha value is -2.53. The van der Waals surface area contributed by atoms with Gasteiger partial charge in [0, 0.05) is 26.7 Å². The molecule has 1 heterocycles. The molecule has 2 aromatic rings. The van der Waals surface area contributed by atoms with Crippen LogP contribution in [0.5, 0.6) is 0 Å². The van der Waals surface area contributed by atoms with E-state index in [0.29, 0.717) is 37.2 Å². The molecule has 0 radical (unpaired) electrons. The minimum Gasteiger partial charge on any atom is -0.323 e. The molecule has 0 bridgehead atoms. The first kappa shape index (κ1) is 27.7. The molecule has 2 aromatic carbocycles. The summed E-state index contributed by atoms with van der Waals surface area (Å²) in [4.78, 5) is 15.7. The predicted octanol–water partition coefficient (Wildman–Crippen LogP) is 5.87. The van der Waals surface area contributed by atoms with E-state index in [1.807, 2.05) is 0 Å². The summed E-state index contributed by atoms with van der Waals surface area (Å²) >= 11 is 0. The lowest BCUT2D eigenvalue weighted by molar-refractivity contribution is -0.143. The van der Waals surface area contributed by atoms with E-state index >= 15 is 0 Å². The van der Waals surface area contributed by atoms with Crippen molar-refractivity contribution in [3.05, 3.63) is 70.5 Å². The lowest BCUT2D eigenvalue weighted by atomic mass is 10.0. The van der Waals surface area contributed by atoms with Gasteiger partial charge in [0.2, 0.25) is 0 Å². The van der Waals surface area contributed by atoms with Crippen LogP contribution in [0.15, 0.2) is 42.5 Å². The molecule has 0 unspecified atom stereocenters. The fourth-order valence-electron chi connectivity index (χ4n) is 3.81. The van der Waals surface area contributed by atoms with E-state index < -0.39 is 47.9 Å². The summed E-state index contributed by atoms with van der Waals surface area (Å²) in [6, 6.07) is 5.92. The Morgan fingerprint density at radius 2 is 1.56 bits per heavy atom. The summed E-state index contributed by atoms with van der Waals surface area (Å²) in [5.74, 6) is -0.439. The van der Waals surface area contributed by atoms with Crippen LogP contribution in [-0.2, 0) is 18.9 Å². The first-order valence-corrected chi connectivity index (χ1v) is 10.1. The van der Waals surface area contributed by atoms with Crippen molar-refractivity contribution in [3.63, 3.8) is 0 Å². The second-order valence-electron chi connectivity index (χ2n) is 7.85. The topological polar surface area (TPSA) is 35.6 Å². The highest BCUT2D eigenvalue weighted by molar-refractivity contribution is 5.85. The van der Waals surface area contributed by atoms with Crippen LogP contribution in [0.2, 0.25) is 0 Å². The SMILES string of the molecule is CN(Cc1cc(C(F)(F)F)cc(C(F)(F)F)c1)C(=O)N1CCNCC[C@@H]1c1ccc(F)cc1.Cl. The maximum atomic E-state index is 13.3. The standard InChI is InChI=1S/C22H22F7N3O.ClH/c1-31(13-14-10-16(21(24,25)26)12-17(11-14)22(27,28)29)20(33)32-9-8-30-7-6-19(32)15-2-4-18(23)5-3-15;/h2-5,10-12,19,30H,6-9,13H2,1H3;1H/t19-;/m1./s1. The molecule has 1 aliphatic rings. The molecule has 3 rings (SSSR count). The van der Waals surface area contributed by atoms with Crippen LogP contribution >= 0.6 is 12.4 Å². The number of halogens is 8. The zero-order valence-corrected chi connectivity index (χ0v) is 18.8. The molecule has 1 aliphatic heterocycles. The summed E-state index contributed by atoms with van der Waals surface area (Å²) in [6.45, 7) is 0.852. The Morgan fingerprint density at radius 1 is 1.00 bits per heavy atom. The van der Waals surface area contributed by atoms with Gasteiger partial charge < -0.3 is 15.1 Å². The van der Waals surface area contributed by atoms with Crippen LogP contribution < -0.4 is 5.32 Å². The summed E-state index contributed by atoms with van der Waals surface area (Å²) in [5, 5.41) is 3.14. The molecule has 1 saturated heterocycles. The molecule has 12 heteroatoms. The van der Waals surface area contributed by atoms with Gasteiger partial charge in [-0.25, -0.2) is 9.18 Å². The van der Waals surface area contributed by atoms with Gasteiger partial charge in [0.05, 0.1) is 17.2 Å². The van der Waals surface area contributed by atoms with E-state index in [1.54, 1.807) is 12.1 Å². The zero-order chi connectivity index (χ0) is 24.4. The minimum atomic E-state index is -4.97. The molecule has 1 atom stereocenters. The lowest BCUT2D eigenvalue weighted by Crippen LogP contribution is -2.44. The minimum absolute atomic E-state index is 0. The van der Waals surface area contributed by atoms with E-state index in [4.69, 9.17) is 0 Å². The van der Waals surface area contributed by atoms with Crippen LogP contribution in [0.25, 0.3) is 0 Å². The molecule has 0 aromatic heterocycles. The average molecular weight is 514 g/mol. The predicted molar refractivity (Wildman–Crippen MR) is 114 cm³/mol. The molecule has 1 N–H and O–H groups in total. The third-order valence-corrected chi connectivity index (χ3v) is 5.39. The van der Waals surface area contributed by atoms with Crippen LogP contribution in [0.3, 0.4) is 0 Å². The van der Waals surface area contributed by atoms with E-state index in [1.165, 1.54) is 24.1 Å². The van der Waals surface area contributed by atoms with Gasteiger partial charge in [0.1, 0.15) is 5.82 Å². The highest BCUT2D eigenvalue weighted by Gasteiger charge is 2.37. The lowest BCUT2D eigenvalue weighted by Gasteiger charge is -2.34. The van der Waals surface area contributed by atoms with E-state index in [9.17, 15) is 35.5 Å². The maximum Gasteiger partial charge on any atom is 0.416 e. The Morgan fingerprint density at radius 3 is 2.09 bits per heavy atom. The third kappa shape index (κ3) is 6.75. The monoisotopic (exact) mass is 513 g/mol. The summed E-state index contributed by atoms with van der Waals surface area (Å²) in [5.41, 5.74) is -2.48. The van der Waals surface area contributed by atoms with Crippen molar-refractivity contribution in [3.8, 4) is 0 Å².